The maximum atomic E-state index is 12.2. The van der Waals surface area contributed by atoms with Gasteiger partial charge in [-0.3, -0.25) is 9.59 Å². The van der Waals surface area contributed by atoms with E-state index in [0.29, 0.717) is 23.6 Å². The fraction of sp³-hybridized carbons (Fsp3) is 0.211. The number of nitrogens with two attached hydrogens (primary N) is 1. The molecule has 1 fully saturated rings. The highest BCUT2D eigenvalue weighted by Gasteiger charge is 2.48. The molecule has 3 aromatic rings. The summed E-state index contributed by atoms with van der Waals surface area (Å²) in [5, 5.41) is 14.7. The van der Waals surface area contributed by atoms with Crippen molar-refractivity contribution >= 4 is 11.8 Å². The Morgan fingerprint density at radius 2 is 2.04 bits per heavy atom. The van der Waals surface area contributed by atoms with Gasteiger partial charge in [0.15, 0.2) is 11.5 Å². The zero-order valence-electron chi connectivity index (χ0n) is 14.5. The highest BCUT2D eigenvalue weighted by molar-refractivity contribution is 5.90. The zero-order valence-corrected chi connectivity index (χ0v) is 14.5. The number of carbonyl (C=O) groups excluding carboxylic acids is 2. The second kappa shape index (κ2) is 6.10. The summed E-state index contributed by atoms with van der Waals surface area (Å²) >= 11 is 0. The van der Waals surface area contributed by atoms with Crippen LogP contribution in [0.2, 0.25) is 0 Å². The highest BCUT2D eigenvalue weighted by atomic mass is 16.5. The number of likely N-dealkylation sites (tertiary alicyclic amines) is 1. The lowest BCUT2D eigenvalue weighted by atomic mass is 9.98. The maximum Gasteiger partial charge on any atom is 0.284 e. The van der Waals surface area contributed by atoms with E-state index in [4.69, 9.17) is 14.7 Å². The van der Waals surface area contributed by atoms with Gasteiger partial charge in [-0.2, -0.15) is 0 Å². The number of aromatic nitrogens is 1. The number of hydrogen-bond donors (Lipinski definition) is 2. The molecule has 1 aliphatic heterocycles. The molecular weight excluding hydrogens is 350 g/mol. The molecule has 0 radical (unpaired) electrons. The average Bonchev–Trinajstić information content (AvgIpc) is 3.39. The van der Waals surface area contributed by atoms with Crippen LogP contribution in [0, 0.1) is 0 Å². The van der Waals surface area contributed by atoms with E-state index in [9.17, 15) is 14.7 Å². The molecule has 27 heavy (non-hydrogen) atoms. The molecule has 2 aromatic heterocycles. The topological polar surface area (TPSA) is 123 Å². The monoisotopic (exact) mass is 367 g/mol. The largest absolute Gasteiger partial charge is 0.451 e. The summed E-state index contributed by atoms with van der Waals surface area (Å²) in [7, 11) is 1.63. The van der Waals surface area contributed by atoms with Gasteiger partial charge in [0.25, 0.3) is 11.8 Å². The molecule has 0 aliphatic carbocycles. The first kappa shape index (κ1) is 17.0. The molecular formula is C19H17N3O5. The Kier molecular flexibility index (Phi) is 3.85. The average molecular weight is 367 g/mol. The third-order valence-corrected chi connectivity index (χ3v) is 4.72. The van der Waals surface area contributed by atoms with Crippen LogP contribution in [0.4, 0.5) is 0 Å². The van der Waals surface area contributed by atoms with Crippen LogP contribution in [-0.2, 0) is 10.4 Å². The first-order chi connectivity index (χ1) is 12.9. The number of furan rings is 1. The second-order valence-corrected chi connectivity index (χ2v) is 6.52. The van der Waals surface area contributed by atoms with E-state index in [0.717, 1.165) is 5.56 Å². The Hall–Kier alpha value is -3.39. The molecule has 1 aliphatic rings. The van der Waals surface area contributed by atoms with Crippen molar-refractivity contribution in [3.8, 4) is 22.6 Å². The van der Waals surface area contributed by atoms with Crippen molar-refractivity contribution in [3.05, 3.63) is 54.0 Å². The van der Waals surface area contributed by atoms with Crippen LogP contribution >= 0.6 is 0 Å². The van der Waals surface area contributed by atoms with Gasteiger partial charge in [-0.05, 0) is 18.2 Å². The van der Waals surface area contributed by atoms with E-state index in [1.54, 1.807) is 31.3 Å². The summed E-state index contributed by atoms with van der Waals surface area (Å²) in [4.78, 5) is 24.9. The summed E-state index contributed by atoms with van der Waals surface area (Å²) in [6.45, 7) is 0.446. The van der Waals surface area contributed by atoms with Crippen LogP contribution in [0.1, 0.15) is 22.7 Å². The second-order valence-electron chi connectivity index (χ2n) is 6.52. The van der Waals surface area contributed by atoms with Crippen molar-refractivity contribution in [1.29, 1.82) is 0 Å². The lowest BCUT2D eigenvalue weighted by Gasteiger charge is -2.16. The normalized spacial score (nSPS) is 19.6. The smallest absolute Gasteiger partial charge is 0.284 e. The molecule has 8 nitrogen and oxygen atoms in total. The van der Waals surface area contributed by atoms with Gasteiger partial charge in [0, 0.05) is 37.2 Å². The summed E-state index contributed by atoms with van der Waals surface area (Å²) in [6, 6.07) is 12.0. The third-order valence-electron chi connectivity index (χ3n) is 4.72. The van der Waals surface area contributed by atoms with E-state index >= 15 is 0 Å². The summed E-state index contributed by atoms with van der Waals surface area (Å²) in [6.07, 6.45) is 0.249. The number of rotatable bonds is 4. The standard InChI is InChI=1S/C19H17N3O5/c1-22-8-7-19(25,18(22)24)16-10-13(21-27-16)11-3-2-4-12(9-11)14-5-6-15(26-14)17(20)23/h2-6,9-10,25H,7-8H2,1H3,(H2,20,23)/t19-/m1/s1. The molecule has 3 heterocycles. The number of carbonyl (C=O) groups is 2. The molecule has 2 amide bonds. The van der Waals surface area contributed by atoms with Crippen LogP contribution in [-0.4, -0.2) is 40.6 Å². The van der Waals surface area contributed by atoms with Gasteiger partial charge in [-0.25, -0.2) is 0 Å². The van der Waals surface area contributed by atoms with Crippen molar-refractivity contribution in [1.82, 2.24) is 10.1 Å². The van der Waals surface area contributed by atoms with E-state index < -0.39 is 17.4 Å². The lowest BCUT2D eigenvalue weighted by molar-refractivity contribution is -0.144. The minimum absolute atomic E-state index is 0.0743. The molecule has 1 atom stereocenters. The number of primary amides is 1. The van der Waals surface area contributed by atoms with Crippen LogP contribution < -0.4 is 5.73 Å². The van der Waals surface area contributed by atoms with Gasteiger partial charge in [0.05, 0.1) is 0 Å². The molecule has 3 N–H and O–H groups in total. The third kappa shape index (κ3) is 2.80. The number of likely N-dealkylation sites (N-methyl/N-ethyl adjacent to an activating group) is 1. The molecule has 0 spiro atoms. The van der Waals surface area contributed by atoms with Gasteiger partial charge >= 0.3 is 0 Å². The van der Waals surface area contributed by atoms with Crippen molar-refractivity contribution in [2.75, 3.05) is 13.6 Å². The Labute approximate surface area is 154 Å². The minimum atomic E-state index is -1.69. The predicted molar refractivity (Wildman–Crippen MR) is 94.3 cm³/mol. The Morgan fingerprint density at radius 3 is 2.70 bits per heavy atom. The number of hydrogen-bond acceptors (Lipinski definition) is 6. The number of benzene rings is 1. The Morgan fingerprint density at radius 1 is 1.26 bits per heavy atom. The molecule has 138 valence electrons. The van der Waals surface area contributed by atoms with E-state index in [-0.39, 0.29) is 17.9 Å². The molecule has 0 saturated carbocycles. The number of nitrogens with zero attached hydrogens (tertiary/aromatic N) is 2. The van der Waals surface area contributed by atoms with Crippen molar-refractivity contribution in [2.45, 2.75) is 12.0 Å². The molecule has 1 aromatic carbocycles. The van der Waals surface area contributed by atoms with Crippen LogP contribution in [0.15, 0.2) is 51.4 Å². The highest BCUT2D eigenvalue weighted by Crippen LogP contribution is 2.35. The van der Waals surface area contributed by atoms with E-state index in [2.05, 4.69) is 5.16 Å². The maximum absolute atomic E-state index is 12.2. The van der Waals surface area contributed by atoms with Gasteiger partial charge in [-0.1, -0.05) is 23.4 Å². The predicted octanol–water partition coefficient (Wildman–Crippen LogP) is 1.75. The molecule has 0 bridgehead atoms. The quantitative estimate of drug-likeness (QED) is 0.724. The molecule has 8 heteroatoms. The fourth-order valence-electron chi connectivity index (χ4n) is 3.15. The number of amides is 2. The summed E-state index contributed by atoms with van der Waals surface area (Å²) in [5.41, 5.74) is 5.44. The molecule has 1 saturated heterocycles. The van der Waals surface area contributed by atoms with Gasteiger partial charge in [0.2, 0.25) is 5.60 Å². The van der Waals surface area contributed by atoms with Crippen molar-refractivity contribution in [2.24, 2.45) is 5.73 Å². The SMILES string of the molecule is CN1CC[C@@](O)(c2cc(-c3cccc(-c4ccc(C(N)=O)o4)c3)no2)C1=O. The van der Waals surface area contributed by atoms with Crippen LogP contribution in [0.25, 0.3) is 22.6 Å². The van der Waals surface area contributed by atoms with Gasteiger partial charge < -0.3 is 24.7 Å². The molecule has 0 unspecified atom stereocenters. The van der Waals surface area contributed by atoms with E-state index in [1.807, 2.05) is 12.1 Å². The van der Waals surface area contributed by atoms with Gasteiger partial charge in [0.1, 0.15) is 11.5 Å². The lowest BCUT2D eigenvalue weighted by Crippen LogP contribution is -2.35. The zero-order chi connectivity index (χ0) is 19.2. The van der Waals surface area contributed by atoms with E-state index in [1.165, 1.54) is 11.0 Å². The summed E-state index contributed by atoms with van der Waals surface area (Å²) in [5.74, 6) is -0.372. The molecule has 4 rings (SSSR count). The fourth-order valence-corrected chi connectivity index (χ4v) is 3.15. The van der Waals surface area contributed by atoms with Gasteiger partial charge in [-0.15, -0.1) is 0 Å². The minimum Gasteiger partial charge on any atom is -0.451 e. The first-order valence-electron chi connectivity index (χ1n) is 8.34. The Bertz CT molecular complexity index is 1040. The Balaban J connectivity index is 1.66. The number of aliphatic hydroxyl groups is 1. The summed E-state index contributed by atoms with van der Waals surface area (Å²) < 4.78 is 10.7. The first-order valence-corrected chi connectivity index (χ1v) is 8.34. The van der Waals surface area contributed by atoms with Crippen molar-refractivity contribution in [3.63, 3.8) is 0 Å². The van der Waals surface area contributed by atoms with Crippen LogP contribution in [0.3, 0.4) is 0 Å². The van der Waals surface area contributed by atoms with Crippen molar-refractivity contribution < 1.29 is 23.6 Å². The van der Waals surface area contributed by atoms with Crippen LogP contribution in [0.5, 0.6) is 0 Å².